The summed E-state index contributed by atoms with van der Waals surface area (Å²) >= 11 is 16.4. The van der Waals surface area contributed by atoms with Gasteiger partial charge in [-0.3, -0.25) is 24.0 Å². The summed E-state index contributed by atoms with van der Waals surface area (Å²) in [6.45, 7) is 24.3. The van der Waals surface area contributed by atoms with Crippen molar-refractivity contribution in [2.75, 3.05) is 39.5 Å². The van der Waals surface area contributed by atoms with Gasteiger partial charge in [-0.25, -0.2) is 31.1 Å². The summed E-state index contributed by atoms with van der Waals surface area (Å²) in [5.41, 5.74) is 2.55. The van der Waals surface area contributed by atoms with Crippen LogP contribution >= 0.6 is 34.8 Å². The van der Waals surface area contributed by atoms with Crippen LogP contribution in [0, 0.1) is 63.0 Å². The lowest BCUT2D eigenvalue weighted by molar-refractivity contribution is -0.304. The van der Waals surface area contributed by atoms with E-state index < -0.39 is 110 Å². The Morgan fingerprint density at radius 2 is 0.939 bits per heavy atom. The van der Waals surface area contributed by atoms with Crippen molar-refractivity contribution in [2.45, 2.75) is 139 Å². The number of nitrogens with one attached hydrogen (secondary N) is 3. The molecule has 0 radical (unpaired) electrons. The van der Waals surface area contributed by atoms with Gasteiger partial charge in [-0.1, -0.05) is 90.2 Å². The number of amides is 3. The first-order chi connectivity index (χ1) is 37.5. The average molecular weight is 1240 g/mol. The predicted molar refractivity (Wildman–Crippen MR) is 296 cm³/mol. The summed E-state index contributed by atoms with van der Waals surface area (Å²) in [5, 5.41) is 34.4. The Balaban J connectivity index is 0.000000575. The highest BCUT2D eigenvalue weighted by atomic mass is 35.5. The van der Waals surface area contributed by atoms with E-state index in [9.17, 15) is 60.2 Å². The molecule has 17 nitrogen and oxygen atoms in total. The number of nitrogens with two attached hydrogens (primary N) is 1. The van der Waals surface area contributed by atoms with Crippen molar-refractivity contribution in [2.24, 2.45) is 33.8 Å². The summed E-state index contributed by atoms with van der Waals surface area (Å²) in [5.74, 6) is -11.8. The maximum Gasteiger partial charge on any atom is 0.338 e. The van der Waals surface area contributed by atoms with Crippen molar-refractivity contribution in [1.29, 1.82) is 0 Å². The minimum atomic E-state index is -1.48. The largest absolute Gasteiger partial charge is 0.478 e. The summed E-state index contributed by atoms with van der Waals surface area (Å²) in [6, 6.07) is 4.17. The Bertz CT molecular complexity index is 2760. The molecule has 2 heterocycles. The normalized spacial score (nSPS) is 19.1. The number of Topliss-reactive ketones (excluding diaryl/α,β-unsaturated/α-hetero) is 2. The van der Waals surface area contributed by atoms with E-state index in [1.54, 1.807) is 27.7 Å². The number of carbonyl (C=O) groups is 6. The van der Waals surface area contributed by atoms with Crippen molar-refractivity contribution in [3.8, 4) is 0 Å². The van der Waals surface area contributed by atoms with Crippen molar-refractivity contribution in [1.82, 2.24) is 16.0 Å². The fourth-order valence-corrected chi connectivity index (χ4v) is 7.82. The molecule has 5 rings (SSSR count). The van der Waals surface area contributed by atoms with E-state index in [2.05, 4.69) is 16.0 Å². The van der Waals surface area contributed by atoms with Gasteiger partial charge in [0.2, 0.25) is 17.7 Å². The number of carbonyl (C=O) groups excluding carboxylic acids is 5. The van der Waals surface area contributed by atoms with Crippen molar-refractivity contribution < 1.29 is 90.8 Å². The van der Waals surface area contributed by atoms with Gasteiger partial charge in [0.15, 0.2) is 23.1 Å². The molecule has 0 unspecified atom stereocenters. The molecule has 8 N–H and O–H groups in total. The van der Waals surface area contributed by atoms with Crippen molar-refractivity contribution in [3.05, 3.63) is 103 Å². The molecule has 0 aromatic heterocycles. The van der Waals surface area contributed by atoms with E-state index in [1.807, 2.05) is 48.5 Å². The Hall–Kier alpha value is -4.95. The zero-order valence-corrected chi connectivity index (χ0v) is 50.3. The SMILES string of the molecule is C[C@@H](CNC(=O)[C@@H]1OC(C)(C)OCC1(C)C)CC(=O)c1cc(Cl)c(F)cc1F.C[C@@H](CNC(=O)[C@H](O)C(C)(C)CO)CC(=O)c1cc(Cl)c(F)cc1F.C[C@H](N)CNC(=O)[C@@H]1OC(C)(C)OCC1(C)C.O=C(O)c1cc(Cl)c(F)cc1F.[2HH]. The minimum absolute atomic E-state index is 0. The molecule has 2 fully saturated rings. The Labute approximate surface area is 490 Å². The molecule has 26 heteroatoms. The second-order valence-corrected chi connectivity index (χ2v) is 24.3. The molecular formula is C56H77Cl3F6N4O13. The van der Waals surface area contributed by atoms with Crippen molar-refractivity contribution in [3.63, 3.8) is 0 Å². The smallest absolute Gasteiger partial charge is 0.338 e. The van der Waals surface area contributed by atoms with Crippen LogP contribution in [0.1, 0.15) is 135 Å². The van der Waals surface area contributed by atoms with Gasteiger partial charge >= 0.3 is 5.97 Å². The molecule has 0 aliphatic carbocycles. The molecule has 2 aliphatic rings. The van der Waals surface area contributed by atoms with Crippen LogP contribution in [0.5, 0.6) is 0 Å². The van der Waals surface area contributed by atoms with Gasteiger partial charge in [-0.2, -0.15) is 0 Å². The van der Waals surface area contributed by atoms with Gasteiger partial charge in [-0.15, -0.1) is 0 Å². The van der Waals surface area contributed by atoms with E-state index >= 15 is 0 Å². The quantitative estimate of drug-likeness (QED) is 0.0355. The number of aromatic carboxylic acids is 1. The van der Waals surface area contributed by atoms with Crippen LogP contribution < -0.4 is 21.7 Å². The zero-order valence-electron chi connectivity index (χ0n) is 48.0. The topological polar surface area (TPSA) is 262 Å². The first-order valence-corrected chi connectivity index (χ1v) is 26.9. The molecule has 6 atom stereocenters. The Morgan fingerprint density at radius 1 is 0.610 bits per heavy atom. The molecule has 2 saturated heterocycles. The monoisotopic (exact) mass is 1230 g/mol. The predicted octanol–water partition coefficient (Wildman–Crippen LogP) is 9.63. The zero-order chi connectivity index (χ0) is 63.2. The number of hydrogen-bond acceptors (Lipinski definition) is 13. The number of ether oxygens (including phenoxy) is 4. The highest BCUT2D eigenvalue weighted by molar-refractivity contribution is 6.31. The number of rotatable bonds is 18. The molecular weight excluding hydrogens is 1160 g/mol. The molecule has 0 bridgehead atoms. The number of aliphatic hydroxyl groups excluding tert-OH is 2. The number of carboxylic acids is 1. The van der Waals surface area contributed by atoms with E-state index in [0.717, 1.165) is 18.2 Å². The van der Waals surface area contributed by atoms with E-state index in [-0.39, 0.29) is 90.2 Å². The molecule has 82 heavy (non-hydrogen) atoms. The van der Waals surface area contributed by atoms with Crippen LogP contribution in [0.3, 0.4) is 0 Å². The third-order valence-electron chi connectivity index (χ3n) is 12.5. The van der Waals surface area contributed by atoms with Gasteiger partial charge in [0.05, 0.1) is 51.6 Å². The fourth-order valence-electron chi connectivity index (χ4n) is 7.33. The van der Waals surface area contributed by atoms with Crippen LogP contribution in [0.2, 0.25) is 15.1 Å². The molecule has 0 saturated carbocycles. The first-order valence-electron chi connectivity index (χ1n) is 25.7. The lowest BCUT2D eigenvalue weighted by Crippen LogP contribution is -2.57. The van der Waals surface area contributed by atoms with Crippen LogP contribution in [0.4, 0.5) is 26.3 Å². The van der Waals surface area contributed by atoms with Gasteiger partial charge in [0.1, 0.15) is 53.2 Å². The van der Waals surface area contributed by atoms with Crippen molar-refractivity contribution >= 4 is 70.1 Å². The number of carboxylic acid groups (broad SMARTS) is 1. The standard InChI is InChI=1S/C20H26ClF2NO4.C17H22ClF2NO4.C12H24N2O3.C7H3ClF2O2.H2/c1-11(6-16(25)12-7-13(21)15(23)8-14(12)22)9-24-18(26)17-19(2,3)10-27-20(4,5)28-17;1-9(7-21-16(25)15(24)17(2,3)8-22)4-14(23)10-5-11(18)13(20)6-12(10)19;1-8(13)6-14-10(15)9-11(2,3)7-16-12(4,5)17-9;8-4-1-3(7(11)12)5(9)2-6(4)10;/h7-8,11,17H,6,9-10H2,1-5H3,(H,24,26);5-6,9,15,22,24H,4,7-8H2,1-3H3,(H,21,25);8-9H,6-7,13H2,1-5H3,(H,14,15);1-2H,(H,11,12);1H/t11-,17+;9-,15+;8-,9-;;/m110../s1/i;;;;1+1. The number of aliphatic hydroxyl groups is 2. The minimum Gasteiger partial charge on any atom is -0.478 e. The van der Waals surface area contributed by atoms with Crippen LogP contribution in [-0.4, -0.2) is 126 Å². The van der Waals surface area contributed by atoms with Gasteiger partial charge in [0, 0.05) is 74.4 Å². The second-order valence-electron chi connectivity index (χ2n) is 23.1. The van der Waals surface area contributed by atoms with Crippen LogP contribution in [-0.2, 0) is 33.3 Å². The lowest BCUT2D eigenvalue weighted by Gasteiger charge is -2.44. The molecule has 462 valence electrons. The average Bonchev–Trinajstić information content (AvgIpc) is 3.42. The number of ketones is 2. The molecule has 2 aliphatic heterocycles. The van der Waals surface area contributed by atoms with Gasteiger partial charge in [0.25, 0.3) is 0 Å². The van der Waals surface area contributed by atoms with E-state index in [4.69, 9.17) is 69.7 Å². The molecule has 3 amide bonds. The van der Waals surface area contributed by atoms with Crippen LogP contribution in [0.15, 0.2) is 36.4 Å². The number of benzene rings is 3. The van der Waals surface area contributed by atoms with E-state index in [0.29, 0.717) is 38.0 Å². The summed E-state index contributed by atoms with van der Waals surface area (Å²) in [7, 11) is 0. The highest BCUT2D eigenvalue weighted by Crippen LogP contribution is 2.36. The van der Waals surface area contributed by atoms with E-state index in [1.165, 1.54) is 13.8 Å². The Morgan fingerprint density at radius 3 is 1.28 bits per heavy atom. The van der Waals surface area contributed by atoms with Crippen LogP contribution in [0.25, 0.3) is 0 Å². The summed E-state index contributed by atoms with van der Waals surface area (Å²) in [4.78, 5) is 71.2. The summed E-state index contributed by atoms with van der Waals surface area (Å²) in [6.07, 6.45) is -2.74. The number of halogens is 9. The maximum absolute atomic E-state index is 13.8. The second kappa shape index (κ2) is 30.7. The third kappa shape index (κ3) is 22.6. The molecule has 3 aromatic rings. The maximum atomic E-state index is 13.8. The van der Waals surface area contributed by atoms with Gasteiger partial charge in [-0.05, 0) is 64.7 Å². The fraction of sp³-hybridized carbons (Fsp3) is 0.571. The molecule has 0 spiro atoms. The lowest BCUT2D eigenvalue weighted by atomic mass is 9.85. The highest BCUT2D eigenvalue weighted by Gasteiger charge is 2.47. The number of hydrogen-bond donors (Lipinski definition) is 7. The third-order valence-corrected chi connectivity index (χ3v) is 13.3. The molecule has 3 aromatic carbocycles. The summed E-state index contributed by atoms with van der Waals surface area (Å²) < 4.78 is 102. The van der Waals surface area contributed by atoms with Gasteiger partial charge < -0.3 is 56.0 Å². The first kappa shape index (κ1) is 73.2. The Kier molecular flexibility index (Phi) is 27.4.